The maximum Gasteiger partial charge on any atom is 0.213 e. The van der Waals surface area contributed by atoms with Crippen molar-refractivity contribution < 1.29 is 4.39 Å². The Hall–Kier alpha value is -1.14. The van der Waals surface area contributed by atoms with E-state index in [4.69, 9.17) is 11.6 Å². The molecule has 15 heavy (non-hydrogen) atoms. The van der Waals surface area contributed by atoms with Crippen LogP contribution in [0.1, 0.15) is 0 Å². The van der Waals surface area contributed by atoms with E-state index >= 15 is 0 Å². The maximum atomic E-state index is 13.5. The zero-order chi connectivity index (χ0) is 10.8. The zero-order valence-corrected chi connectivity index (χ0v) is 9.26. The van der Waals surface area contributed by atoms with Gasteiger partial charge in [0.05, 0.1) is 0 Å². The van der Waals surface area contributed by atoms with Gasteiger partial charge in [-0.2, -0.15) is 4.68 Å². The SMILES string of the molecule is CSc1nnnn1-c1ccc(Cl)cc1F. The quantitative estimate of drug-likeness (QED) is 0.760. The molecule has 1 aromatic heterocycles. The molecule has 1 aromatic carbocycles. The van der Waals surface area contributed by atoms with Gasteiger partial charge in [-0.05, 0) is 34.9 Å². The maximum absolute atomic E-state index is 13.5. The molecular formula is C8H6ClFN4S. The fourth-order valence-corrected chi connectivity index (χ4v) is 1.70. The van der Waals surface area contributed by atoms with E-state index in [1.54, 1.807) is 6.07 Å². The predicted octanol–water partition coefficient (Wildman–Crippen LogP) is 2.18. The molecule has 0 fully saturated rings. The number of hydrogen-bond donors (Lipinski definition) is 0. The van der Waals surface area contributed by atoms with Crippen molar-refractivity contribution in [2.24, 2.45) is 0 Å². The van der Waals surface area contributed by atoms with Crippen molar-refractivity contribution in [3.63, 3.8) is 0 Å². The third-order valence-corrected chi connectivity index (χ3v) is 2.62. The minimum atomic E-state index is -0.454. The van der Waals surface area contributed by atoms with E-state index in [1.165, 1.54) is 28.6 Å². The molecule has 0 aliphatic carbocycles. The van der Waals surface area contributed by atoms with Crippen molar-refractivity contribution in [2.45, 2.75) is 5.16 Å². The molecule has 0 unspecified atom stereocenters. The minimum absolute atomic E-state index is 0.286. The number of benzene rings is 1. The first-order chi connectivity index (χ1) is 7.22. The van der Waals surface area contributed by atoms with E-state index < -0.39 is 5.82 Å². The highest BCUT2D eigenvalue weighted by atomic mass is 35.5. The van der Waals surface area contributed by atoms with Crippen LogP contribution in [0.3, 0.4) is 0 Å². The Bertz CT molecular complexity index is 487. The highest BCUT2D eigenvalue weighted by molar-refractivity contribution is 7.98. The van der Waals surface area contributed by atoms with Crippen molar-refractivity contribution in [3.8, 4) is 5.69 Å². The summed E-state index contributed by atoms with van der Waals surface area (Å²) in [6.45, 7) is 0. The van der Waals surface area contributed by atoms with Gasteiger partial charge in [0.25, 0.3) is 0 Å². The smallest absolute Gasteiger partial charge is 0.205 e. The van der Waals surface area contributed by atoms with E-state index in [9.17, 15) is 4.39 Å². The van der Waals surface area contributed by atoms with Crippen LogP contribution in [0, 0.1) is 5.82 Å². The Morgan fingerprint density at radius 1 is 1.47 bits per heavy atom. The van der Waals surface area contributed by atoms with Crippen molar-refractivity contribution in [3.05, 3.63) is 29.0 Å². The Morgan fingerprint density at radius 2 is 2.27 bits per heavy atom. The molecule has 0 saturated carbocycles. The number of rotatable bonds is 2. The third kappa shape index (κ3) is 1.95. The van der Waals surface area contributed by atoms with Crippen LogP contribution in [-0.4, -0.2) is 26.5 Å². The van der Waals surface area contributed by atoms with Crippen LogP contribution in [-0.2, 0) is 0 Å². The molecule has 0 N–H and O–H groups in total. The summed E-state index contributed by atoms with van der Waals surface area (Å²) in [7, 11) is 0. The molecule has 78 valence electrons. The lowest BCUT2D eigenvalue weighted by Crippen LogP contribution is -2.01. The van der Waals surface area contributed by atoms with Crippen LogP contribution in [0.25, 0.3) is 5.69 Å². The number of hydrogen-bond acceptors (Lipinski definition) is 4. The van der Waals surface area contributed by atoms with Gasteiger partial charge in [-0.1, -0.05) is 23.4 Å². The van der Waals surface area contributed by atoms with Crippen LogP contribution in [0.5, 0.6) is 0 Å². The second-order valence-electron chi connectivity index (χ2n) is 2.67. The van der Waals surface area contributed by atoms with Crippen molar-refractivity contribution >= 4 is 23.4 Å². The van der Waals surface area contributed by atoms with E-state index in [0.717, 1.165) is 0 Å². The summed E-state index contributed by atoms with van der Waals surface area (Å²) >= 11 is 6.98. The Kier molecular flexibility index (Phi) is 2.88. The lowest BCUT2D eigenvalue weighted by Gasteiger charge is -2.03. The summed E-state index contributed by atoms with van der Waals surface area (Å²) in [5.41, 5.74) is 0.286. The lowest BCUT2D eigenvalue weighted by molar-refractivity contribution is 0.599. The van der Waals surface area contributed by atoms with E-state index in [2.05, 4.69) is 15.5 Å². The Labute approximate surface area is 94.4 Å². The topological polar surface area (TPSA) is 43.6 Å². The first-order valence-corrected chi connectivity index (χ1v) is 5.60. The lowest BCUT2D eigenvalue weighted by atomic mass is 10.3. The van der Waals surface area contributed by atoms with Gasteiger partial charge in [0.15, 0.2) is 5.82 Å². The summed E-state index contributed by atoms with van der Waals surface area (Å²) in [4.78, 5) is 0. The van der Waals surface area contributed by atoms with Crippen molar-refractivity contribution in [1.82, 2.24) is 20.2 Å². The summed E-state index contributed by atoms with van der Waals surface area (Å²) in [6, 6.07) is 4.35. The summed E-state index contributed by atoms with van der Waals surface area (Å²) < 4.78 is 14.8. The van der Waals surface area contributed by atoms with Gasteiger partial charge in [-0.15, -0.1) is 5.10 Å². The molecule has 0 saturated heterocycles. The third-order valence-electron chi connectivity index (χ3n) is 1.76. The fraction of sp³-hybridized carbons (Fsp3) is 0.125. The number of halogens is 2. The minimum Gasteiger partial charge on any atom is -0.205 e. The summed E-state index contributed by atoms with van der Waals surface area (Å²) in [5.74, 6) is -0.454. The molecule has 7 heteroatoms. The first-order valence-electron chi connectivity index (χ1n) is 4.00. The van der Waals surface area contributed by atoms with Gasteiger partial charge in [0.2, 0.25) is 5.16 Å². The molecule has 1 heterocycles. The number of thioether (sulfide) groups is 1. The highest BCUT2D eigenvalue weighted by Gasteiger charge is 2.11. The highest BCUT2D eigenvalue weighted by Crippen LogP contribution is 2.20. The molecular weight excluding hydrogens is 239 g/mol. The zero-order valence-electron chi connectivity index (χ0n) is 7.69. The molecule has 0 spiro atoms. The molecule has 0 aliphatic heterocycles. The molecule has 4 nitrogen and oxygen atoms in total. The summed E-state index contributed by atoms with van der Waals surface area (Å²) in [6.07, 6.45) is 1.82. The van der Waals surface area contributed by atoms with Gasteiger partial charge in [-0.25, -0.2) is 4.39 Å². The number of aromatic nitrogens is 4. The van der Waals surface area contributed by atoms with Crippen LogP contribution in [0.15, 0.2) is 23.4 Å². The van der Waals surface area contributed by atoms with Gasteiger partial charge in [0.1, 0.15) is 5.69 Å². The first kappa shape index (κ1) is 10.4. The fourth-order valence-electron chi connectivity index (χ4n) is 1.11. The molecule has 2 rings (SSSR count). The van der Waals surface area contributed by atoms with Crippen LogP contribution in [0.4, 0.5) is 4.39 Å². The molecule has 0 radical (unpaired) electrons. The van der Waals surface area contributed by atoms with E-state index in [0.29, 0.717) is 10.2 Å². The normalized spacial score (nSPS) is 10.6. The molecule has 0 bridgehead atoms. The van der Waals surface area contributed by atoms with Crippen molar-refractivity contribution in [1.29, 1.82) is 0 Å². The largest absolute Gasteiger partial charge is 0.213 e. The predicted molar refractivity (Wildman–Crippen MR) is 55.9 cm³/mol. The molecule has 0 aliphatic rings. The average Bonchev–Trinajstić information content (AvgIpc) is 2.65. The second-order valence-corrected chi connectivity index (χ2v) is 3.88. The van der Waals surface area contributed by atoms with Gasteiger partial charge in [0, 0.05) is 5.02 Å². The van der Waals surface area contributed by atoms with Crippen LogP contribution < -0.4 is 0 Å². The summed E-state index contributed by atoms with van der Waals surface area (Å²) in [5, 5.41) is 11.8. The monoisotopic (exact) mass is 244 g/mol. The van der Waals surface area contributed by atoms with Gasteiger partial charge in [-0.3, -0.25) is 0 Å². The number of nitrogens with zero attached hydrogens (tertiary/aromatic N) is 4. The standard InChI is InChI=1S/C8H6ClFN4S/c1-15-8-11-12-13-14(8)7-3-2-5(9)4-6(7)10/h2-4H,1H3. The van der Waals surface area contributed by atoms with E-state index in [-0.39, 0.29) is 5.69 Å². The van der Waals surface area contributed by atoms with Crippen molar-refractivity contribution in [2.75, 3.05) is 6.26 Å². The van der Waals surface area contributed by atoms with E-state index in [1.807, 2.05) is 6.26 Å². The van der Waals surface area contributed by atoms with Crippen LogP contribution in [0.2, 0.25) is 5.02 Å². The second kappa shape index (κ2) is 4.16. The van der Waals surface area contributed by atoms with Gasteiger partial charge >= 0.3 is 0 Å². The number of tetrazole rings is 1. The molecule has 0 amide bonds. The molecule has 0 atom stereocenters. The van der Waals surface area contributed by atoms with Gasteiger partial charge < -0.3 is 0 Å². The van der Waals surface area contributed by atoms with Crippen LogP contribution >= 0.6 is 23.4 Å². The average molecular weight is 245 g/mol. The Balaban J connectivity index is 2.54. The molecule has 2 aromatic rings. The Morgan fingerprint density at radius 3 is 2.93 bits per heavy atom.